The number of rotatable bonds is 5. The van der Waals surface area contributed by atoms with E-state index in [-0.39, 0.29) is 12.5 Å². The van der Waals surface area contributed by atoms with Gasteiger partial charge in [-0.2, -0.15) is 0 Å². The first-order valence-corrected chi connectivity index (χ1v) is 10.6. The maximum atomic E-state index is 13.0. The van der Waals surface area contributed by atoms with Crippen molar-refractivity contribution in [3.63, 3.8) is 0 Å². The molecule has 1 fully saturated rings. The zero-order valence-electron chi connectivity index (χ0n) is 15.2. The average Bonchev–Trinajstić information content (AvgIpc) is 3.11. The Labute approximate surface area is 175 Å². The molecule has 2 heterocycles. The molecule has 1 aromatic heterocycles. The lowest BCUT2D eigenvalue weighted by Gasteiger charge is -2.27. The van der Waals surface area contributed by atoms with Crippen LogP contribution in [0, 0.1) is 0 Å². The number of nitrogens with zero attached hydrogens (tertiary/aromatic N) is 2. The number of morpholine rings is 1. The SMILES string of the molecule is O=C(Nc1ccc2sc(CO)nc2c1)c1ccc(Br)cc1CN1CCOCC1. The summed E-state index contributed by atoms with van der Waals surface area (Å²) in [4.78, 5) is 19.6. The van der Waals surface area contributed by atoms with Crippen molar-refractivity contribution in [2.75, 3.05) is 31.6 Å². The van der Waals surface area contributed by atoms with E-state index in [0.717, 1.165) is 46.6 Å². The van der Waals surface area contributed by atoms with Crippen molar-refractivity contribution in [1.29, 1.82) is 0 Å². The first-order valence-electron chi connectivity index (χ1n) is 9.02. The molecule has 2 aromatic carbocycles. The quantitative estimate of drug-likeness (QED) is 0.606. The first-order chi connectivity index (χ1) is 13.6. The van der Waals surface area contributed by atoms with Crippen LogP contribution >= 0.6 is 27.3 Å². The molecule has 0 unspecified atom stereocenters. The van der Waals surface area contributed by atoms with Gasteiger partial charge in [0.05, 0.1) is 30.0 Å². The number of benzene rings is 2. The number of aliphatic hydroxyl groups excluding tert-OH is 1. The number of hydrogen-bond acceptors (Lipinski definition) is 6. The number of halogens is 1. The second-order valence-corrected chi connectivity index (χ2v) is 8.62. The lowest BCUT2D eigenvalue weighted by molar-refractivity contribution is 0.0341. The second kappa shape index (κ2) is 8.67. The van der Waals surface area contributed by atoms with Crippen molar-refractivity contribution in [3.8, 4) is 0 Å². The van der Waals surface area contributed by atoms with Crippen LogP contribution in [0.15, 0.2) is 40.9 Å². The van der Waals surface area contributed by atoms with Crippen LogP contribution in [0.4, 0.5) is 5.69 Å². The highest BCUT2D eigenvalue weighted by atomic mass is 79.9. The van der Waals surface area contributed by atoms with Gasteiger partial charge < -0.3 is 15.2 Å². The number of aromatic nitrogens is 1. The first kappa shape index (κ1) is 19.5. The van der Waals surface area contributed by atoms with E-state index in [1.54, 1.807) is 0 Å². The highest BCUT2D eigenvalue weighted by Crippen LogP contribution is 2.26. The molecule has 8 heteroatoms. The maximum Gasteiger partial charge on any atom is 0.255 e. The van der Waals surface area contributed by atoms with E-state index in [0.29, 0.717) is 22.8 Å². The number of carbonyl (C=O) groups is 1. The van der Waals surface area contributed by atoms with E-state index in [1.165, 1.54) is 11.3 Å². The summed E-state index contributed by atoms with van der Waals surface area (Å²) in [6, 6.07) is 11.3. The standard InChI is InChI=1S/C20H20BrN3O3S/c21-14-1-3-16(13(9-14)11-24-5-7-27-8-6-24)20(26)22-15-2-4-18-17(10-15)23-19(12-25)28-18/h1-4,9-10,25H,5-8,11-12H2,(H,22,26). The summed E-state index contributed by atoms with van der Waals surface area (Å²) in [7, 11) is 0. The number of hydrogen-bond donors (Lipinski definition) is 2. The normalized spacial score (nSPS) is 15.1. The third-order valence-corrected chi connectivity index (χ3v) is 6.15. The molecule has 0 bridgehead atoms. The predicted octanol–water partition coefficient (Wildman–Crippen LogP) is 3.64. The van der Waals surface area contributed by atoms with E-state index in [9.17, 15) is 9.90 Å². The minimum absolute atomic E-state index is 0.0785. The fraction of sp³-hybridized carbons (Fsp3) is 0.300. The molecule has 3 aromatic rings. The maximum absolute atomic E-state index is 13.0. The Morgan fingerprint density at radius 2 is 2.07 bits per heavy atom. The summed E-state index contributed by atoms with van der Waals surface area (Å²) in [6.07, 6.45) is 0. The van der Waals surface area contributed by atoms with Gasteiger partial charge in [0.1, 0.15) is 5.01 Å². The Balaban J connectivity index is 1.55. The molecule has 146 valence electrons. The number of amides is 1. The van der Waals surface area contributed by atoms with Gasteiger partial charge in [-0.15, -0.1) is 11.3 Å². The van der Waals surface area contributed by atoms with Crippen molar-refractivity contribution >= 4 is 49.1 Å². The van der Waals surface area contributed by atoms with Gasteiger partial charge in [-0.25, -0.2) is 4.98 Å². The van der Waals surface area contributed by atoms with Crippen molar-refractivity contribution in [1.82, 2.24) is 9.88 Å². The van der Waals surface area contributed by atoms with E-state index in [2.05, 4.69) is 31.1 Å². The Morgan fingerprint density at radius 1 is 1.25 bits per heavy atom. The molecule has 0 saturated carbocycles. The smallest absolute Gasteiger partial charge is 0.255 e. The molecule has 2 N–H and O–H groups in total. The lowest BCUT2D eigenvalue weighted by Crippen LogP contribution is -2.36. The van der Waals surface area contributed by atoms with Crippen molar-refractivity contribution < 1.29 is 14.6 Å². The molecule has 28 heavy (non-hydrogen) atoms. The fourth-order valence-electron chi connectivity index (χ4n) is 3.23. The summed E-state index contributed by atoms with van der Waals surface area (Å²) in [5.74, 6) is -0.146. The van der Waals surface area contributed by atoms with Crippen LogP contribution in [0.25, 0.3) is 10.2 Å². The molecular formula is C20H20BrN3O3S. The van der Waals surface area contributed by atoms with Crippen LogP contribution in [-0.4, -0.2) is 47.2 Å². The minimum Gasteiger partial charge on any atom is -0.389 e. The molecule has 1 amide bonds. The topological polar surface area (TPSA) is 74.7 Å². The summed E-state index contributed by atoms with van der Waals surface area (Å²) < 4.78 is 7.35. The van der Waals surface area contributed by atoms with Gasteiger partial charge in [0.2, 0.25) is 0 Å². The van der Waals surface area contributed by atoms with Gasteiger partial charge in [0.25, 0.3) is 5.91 Å². The van der Waals surface area contributed by atoms with Gasteiger partial charge >= 0.3 is 0 Å². The number of carbonyl (C=O) groups excluding carboxylic acids is 1. The van der Waals surface area contributed by atoms with Crippen LogP contribution in [0.5, 0.6) is 0 Å². The summed E-state index contributed by atoms with van der Waals surface area (Å²) in [5, 5.41) is 12.9. The molecule has 4 rings (SSSR count). The van der Waals surface area contributed by atoms with E-state index < -0.39 is 0 Å². The van der Waals surface area contributed by atoms with Gasteiger partial charge in [0.15, 0.2) is 0 Å². The Morgan fingerprint density at radius 3 is 2.86 bits per heavy atom. The van der Waals surface area contributed by atoms with Crippen LogP contribution in [0.2, 0.25) is 0 Å². The van der Waals surface area contributed by atoms with E-state index in [1.807, 2.05) is 36.4 Å². The monoisotopic (exact) mass is 461 g/mol. The molecule has 0 aliphatic carbocycles. The molecule has 1 saturated heterocycles. The van der Waals surface area contributed by atoms with Crippen LogP contribution in [0.1, 0.15) is 20.9 Å². The van der Waals surface area contributed by atoms with Gasteiger partial charge in [-0.05, 0) is 42.0 Å². The number of ether oxygens (including phenoxy) is 1. The van der Waals surface area contributed by atoms with E-state index in [4.69, 9.17) is 4.74 Å². The number of aliphatic hydroxyl groups is 1. The highest BCUT2D eigenvalue weighted by molar-refractivity contribution is 9.10. The molecule has 0 atom stereocenters. The molecule has 1 aliphatic heterocycles. The number of nitrogens with one attached hydrogen (secondary N) is 1. The Bertz CT molecular complexity index is 1000. The third kappa shape index (κ3) is 4.42. The van der Waals surface area contributed by atoms with E-state index >= 15 is 0 Å². The summed E-state index contributed by atoms with van der Waals surface area (Å²) >= 11 is 4.96. The van der Waals surface area contributed by atoms with Crippen molar-refractivity contribution in [3.05, 3.63) is 57.0 Å². The predicted molar refractivity (Wildman–Crippen MR) is 114 cm³/mol. The Kier molecular flexibility index (Phi) is 6.03. The largest absolute Gasteiger partial charge is 0.389 e. The zero-order chi connectivity index (χ0) is 19.5. The molecule has 0 spiro atoms. The van der Waals surface area contributed by atoms with Crippen LogP contribution in [-0.2, 0) is 17.9 Å². The number of fused-ring (bicyclic) bond motifs is 1. The Hall–Kier alpha value is -1.84. The second-order valence-electron chi connectivity index (χ2n) is 6.59. The molecule has 0 radical (unpaired) electrons. The molecule has 6 nitrogen and oxygen atoms in total. The average molecular weight is 462 g/mol. The minimum atomic E-state index is -0.146. The van der Waals surface area contributed by atoms with Crippen molar-refractivity contribution in [2.24, 2.45) is 0 Å². The van der Waals surface area contributed by atoms with Crippen molar-refractivity contribution in [2.45, 2.75) is 13.2 Å². The van der Waals surface area contributed by atoms with Gasteiger partial charge in [-0.1, -0.05) is 15.9 Å². The van der Waals surface area contributed by atoms with Crippen LogP contribution in [0.3, 0.4) is 0 Å². The number of thiazole rings is 1. The third-order valence-electron chi connectivity index (χ3n) is 4.63. The summed E-state index contributed by atoms with van der Waals surface area (Å²) in [5.41, 5.74) is 3.10. The van der Waals surface area contributed by atoms with Gasteiger partial charge in [-0.3, -0.25) is 9.69 Å². The van der Waals surface area contributed by atoms with Crippen LogP contribution < -0.4 is 5.32 Å². The zero-order valence-corrected chi connectivity index (χ0v) is 17.6. The molecule has 1 aliphatic rings. The number of anilines is 1. The lowest BCUT2D eigenvalue weighted by atomic mass is 10.1. The fourth-order valence-corrected chi connectivity index (χ4v) is 4.45. The highest BCUT2D eigenvalue weighted by Gasteiger charge is 2.17. The molecular weight excluding hydrogens is 442 g/mol. The van der Waals surface area contributed by atoms with Gasteiger partial charge in [0, 0.05) is 35.4 Å². The summed E-state index contributed by atoms with van der Waals surface area (Å²) in [6.45, 7) is 3.79.